The lowest BCUT2D eigenvalue weighted by atomic mass is 10.1. The van der Waals surface area contributed by atoms with Gasteiger partial charge in [0.2, 0.25) is 15.8 Å². The van der Waals surface area contributed by atoms with Crippen molar-refractivity contribution in [3.63, 3.8) is 0 Å². The molecule has 1 heterocycles. The van der Waals surface area contributed by atoms with Crippen LogP contribution < -0.4 is 14.2 Å². The maximum atomic E-state index is 13.5. The molecule has 31 heavy (non-hydrogen) atoms. The molecule has 1 saturated heterocycles. The van der Waals surface area contributed by atoms with Crippen LogP contribution in [0, 0.1) is 11.6 Å². The number of ether oxygens (including phenoxy) is 3. The molecule has 0 radical (unpaired) electrons. The molecule has 1 aliphatic rings. The van der Waals surface area contributed by atoms with Crippen LogP contribution in [0.2, 0.25) is 0 Å². The highest BCUT2D eigenvalue weighted by Crippen LogP contribution is 2.38. The molecule has 0 aromatic heterocycles. The van der Waals surface area contributed by atoms with Crippen molar-refractivity contribution in [1.82, 2.24) is 9.21 Å². The summed E-state index contributed by atoms with van der Waals surface area (Å²) in [6.45, 7) is 0.270. The van der Waals surface area contributed by atoms with Crippen LogP contribution in [0.4, 0.5) is 8.78 Å². The van der Waals surface area contributed by atoms with Crippen molar-refractivity contribution < 1.29 is 36.2 Å². The number of halogens is 2. The Morgan fingerprint density at radius 1 is 0.871 bits per heavy atom. The van der Waals surface area contributed by atoms with Crippen molar-refractivity contribution in [3.05, 3.63) is 47.5 Å². The number of sulfonamides is 1. The fourth-order valence-corrected chi connectivity index (χ4v) is 4.74. The first kappa shape index (κ1) is 22.8. The van der Waals surface area contributed by atoms with Crippen LogP contribution in [0.1, 0.15) is 10.4 Å². The van der Waals surface area contributed by atoms with Gasteiger partial charge in [-0.05, 0) is 30.3 Å². The highest BCUT2D eigenvalue weighted by molar-refractivity contribution is 7.89. The second-order valence-corrected chi connectivity index (χ2v) is 8.62. The molecule has 0 saturated carbocycles. The molecule has 1 amide bonds. The van der Waals surface area contributed by atoms with E-state index in [1.807, 2.05) is 0 Å². The first-order valence-electron chi connectivity index (χ1n) is 9.27. The van der Waals surface area contributed by atoms with Gasteiger partial charge in [0.05, 0.1) is 26.2 Å². The van der Waals surface area contributed by atoms with E-state index in [-0.39, 0.29) is 37.0 Å². The van der Waals surface area contributed by atoms with Gasteiger partial charge >= 0.3 is 0 Å². The van der Waals surface area contributed by atoms with E-state index < -0.39 is 21.7 Å². The number of carbonyl (C=O) groups excluding carboxylic acids is 1. The summed E-state index contributed by atoms with van der Waals surface area (Å²) in [6.07, 6.45) is 0. The van der Waals surface area contributed by atoms with Gasteiger partial charge in [0.25, 0.3) is 5.91 Å². The Bertz CT molecular complexity index is 1060. The van der Waals surface area contributed by atoms with Gasteiger partial charge in [0, 0.05) is 31.7 Å². The topological polar surface area (TPSA) is 85.4 Å². The van der Waals surface area contributed by atoms with Gasteiger partial charge in [-0.3, -0.25) is 4.79 Å². The molecule has 0 spiro atoms. The van der Waals surface area contributed by atoms with Crippen LogP contribution in [0.25, 0.3) is 0 Å². The van der Waals surface area contributed by atoms with E-state index in [1.165, 1.54) is 38.4 Å². The summed E-state index contributed by atoms with van der Waals surface area (Å²) in [7, 11) is 0.316. The number of carbonyl (C=O) groups is 1. The Labute approximate surface area is 179 Å². The van der Waals surface area contributed by atoms with Crippen molar-refractivity contribution in [3.8, 4) is 17.2 Å². The zero-order valence-electron chi connectivity index (χ0n) is 17.2. The summed E-state index contributed by atoms with van der Waals surface area (Å²) in [5.41, 5.74) is 0.298. The smallest absolute Gasteiger partial charge is 0.254 e. The van der Waals surface area contributed by atoms with Crippen molar-refractivity contribution in [2.24, 2.45) is 0 Å². The number of benzene rings is 2. The number of hydrogen-bond donors (Lipinski definition) is 0. The maximum Gasteiger partial charge on any atom is 0.254 e. The Morgan fingerprint density at radius 2 is 1.45 bits per heavy atom. The second-order valence-electron chi connectivity index (χ2n) is 6.69. The first-order chi connectivity index (χ1) is 14.7. The quantitative estimate of drug-likeness (QED) is 0.662. The van der Waals surface area contributed by atoms with Crippen molar-refractivity contribution >= 4 is 15.9 Å². The number of piperazine rings is 1. The Hall–Kier alpha value is -2.92. The number of nitrogens with zero attached hydrogens (tertiary/aromatic N) is 2. The molecular weight excluding hydrogens is 434 g/mol. The molecule has 1 fully saturated rings. The van der Waals surface area contributed by atoms with Crippen LogP contribution in [-0.2, 0) is 10.0 Å². The number of methoxy groups -OCH3 is 3. The summed E-state index contributed by atoms with van der Waals surface area (Å²) < 4.78 is 69.0. The minimum atomic E-state index is -4.01. The third-order valence-electron chi connectivity index (χ3n) is 4.97. The van der Waals surface area contributed by atoms with E-state index in [2.05, 4.69) is 0 Å². The van der Waals surface area contributed by atoms with E-state index in [9.17, 15) is 22.0 Å². The average Bonchev–Trinajstić information content (AvgIpc) is 2.79. The van der Waals surface area contributed by atoms with Crippen molar-refractivity contribution in [2.75, 3.05) is 47.5 Å². The van der Waals surface area contributed by atoms with Crippen LogP contribution in [-0.4, -0.2) is 71.0 Å². The van der Waals surface area contributed by atoms with Gasteiger partial charge in [0.15, 0.2) is 23.1 Å². The molecule has 0 atom stereocenters. The SMILES string of the molecule is COc1cc(C(=O)N2CCN(S(=O)(=O)c3ccc(F)c(F)c3)CC2)cc(OC)c1OC. The third-order valence-corrected chi connectivity index (χ3v) is 6.86. The predicted molar refractivity (Wildman–Crippen MR) is 107 cm³/mol. The number of rotatable bonds is 6. The maximum absolute atomic E-state index is 13.5. The molecule has 0 aliphatic carbocycles. The molecular formula is C20H22F2N2O6S. The van der Waals surface area contributed by atoms with E-state index in [1.54, 1.807) is 0 Å². The lowest BCUT2D eigenvalue weighted by molar-refractivity contribution is 0.0697. The molecule has 3 rings (SSSR count). The van der Waals surface area contributed by atoms with E-state index in [4.69, 9.17) is 14.2 Å². The standard InChI is InChI=1S/C20H22F2N2O6S/c1-28-17-10-13(11-18(29-2)19(17)30-3)20(25)23-6-8-24(9-7-23)31(26,27)14-4-5-15(21)16(22)12-14/h4-5,10-12H,6-9H2,1-3H3. The molecule has 8 nitrogen and oxygen atoms in total. The molecule has 0 N–H and O–H groups in total. The Morgan fingerprint density at radius 3 is 1.94 bits per heavy atom. The molecule has 168 valence electrons. The average molecular weight is 456 g/mol. The fraction of sp³-hybridized carbons (Fsp3) is 0.350. The lowest BCUT2D eigenvalue weighted by Gasteiger charge is -2.34. The summed E-state index contributed by atoms with van der Waals surface area (Å²) in [5, 5.41) is 0. The molecule has 2 aromatic carbocycles. The predicted octanol–water partition coefficient (Wildman–Crippen LogP) is 2.14. The molecule has 1 aliphatic heterocycles. The van der Waals surface area contributed by atoms with Crippen LogP contribution >= 0.6 is 0 Å². The summed E-state index contributed by atoms with van der Waals surface area (Å²) in [5.74, 6) is -1.69. The summed E-state index contributed by atoms with van der Waals surface area (Å²) in [6, 6.07) is 5.48. The number of hydrogen-bond acceptors (Lipinski definition) is 6. The van der Waals surface area contributed by atoms with Gasteiger partial charge in [0.1, 0.15) is 0 Å². The summed E-state index contributed by atoms with van der Waals surface area (Å²) in [4.78, 5) is 14.1. The van der Waals surface area contributed by atoms with Gasteiger partial charge < -0.3 is 19.1 Å². The minimum absolute atomic E-state index is 0.0114. The van der Waals surface area contributed by atoms with Crippen molar-refractivity contribution in [2.45, 2.75) is 4.90 Å². The number of amides is 1. The van der Waals surface area contributed by atoms with Gasteiger partial charge in [-0.25, -0.2) is 17.2 Å². The zero-order chi connectivity index (χ0) is 22.8. The second kappa shape index (κ2) is 9.06. The van der Waals surface area contributed by atoms with E-state index in [0.29, 0.717) is 28.9 Å². The molecule has 0 unspecified atom stereocenters. The fourth-order valence-electron chi connectivity index (χ4n) is 3.31. The summed E-state index contributed by atoms with van der Waals surface area (Å²) >= 11 is 0. The molecule has 11 heteroatoms. The Kier molecular flexibility index (Phi) is 6.65. The third kappa shape index (κ3) is 4.42. The highest BCUT2D eigenvalue weighted by atomic mass is 32.2. The highest BCUT2D eigenvalue weighted by Gasteiger charge is 2.31. The van der Waals surface area contributed by atoms with Gasteiger partial charge in [-0.2, -0.15) is 4.31 Å². The van der Waals surface area contributed by atoms with Gasteiger partial charge in [-0.1, -0.05) is 0 Å². The zero-order valence-corrected chi connectivity index (χ0v) is 18.0. The van der Waals surface area contributed by atoms with E-state index >= 15 is 0 Å². The Balaban J connectivity index is 1.76. The van der Waals surface area contributed by atoms with Gasteiger partial charge in [-0.15, -0.1) is 0 Å². The monoisotopic (exact) mass is 456 g/mol. The molecule has 0 bridgehead atoms. The first-order valence-corrected chi connectivity index (χ1v) is 10.7. The normalized spacial score (nSPS) is 14.9. The largest absolute Gasteiger partial charge is 0.493 e. The van der Waals surface area contributed by atoms with E-state index in [0.717, 1.165) is 16.4 Å². The van der Waals surface area contributed by atoms with Crippen LogP contribution in [0.15, 0.2) is 35.2 Å². The van der Waals surface area contributed by atoms with Crippen molar-refractivity contribution in [1.29, 1.82) is 0 Å². The minimum Gasteiger partial charge on any atom is -0.493 e. The molecule has 2 aromatic rings. The van der Waals surface area contributed by atoms with Crippen LogP contribution in [0.3, 0.4) is 0 Å². The van der Waals surface area contributed by atoms with Crippen LogP contribution in [0.5, 0.6) is 17.2 Å². The lowest BCUT2D eigenvalue weighted by Crippen LogP contribution is -2.50.